The molecule has 0 bridgehead atoms. The van der Waals surface area contributed by atoms with E-state index in [-0.39, 0.29) is 12.0 Å². The van der Waals surface area contributed by atoms with Gasteiger partial charge in [0.1, 0.15) is 11.1 Å². The number of thiazole rings is 1. The molecule has 0 saturated carbocycles. The molecular weight excluding hydrogens is 394 g/mol. The van der Waals surface area contributed by atoms with Crippen molar-refractivity contribution in [1.82, 2.24) is 9.88 Å². The second kappa shape index (κ2) is 8.68. The highest BCUT2D eigenvalue weighted by Gasteiger charge is 2.24. The van der Waals surface area contributed by atoms with E-state index in [0.29, 0.717) is 6.61 Å². The van der Waals surface area contributed by atoms with Gasteiger partial charge in [-0.15, -0.1) is 11.3 Å². The zero-order valence-corrected chi connectivity index (χ0v) is 17.7. The van der Waals surface area contributed by atoms with Gasteiger partial charge in [0.25, 0.3) is 5.91 Å². The molecule has 0 radical (unpaired) electrons. The van der Waals surface area contributed by atoms with E-state index in [2.05, 4.69) is 39.5 Å². The fourth-order valence-electron chi connectivity index (χ4n) is 4.15. The first-order valence-corrected chi connectivity index (χ1v) is 11.3. The lowest BCUT2D eigenvalue weighted by Crippen LogP contribution is -2.30. The smallest absolute Gasteiger partial charge is 0.253 e. The summed E-state index contributed by atoms with van der Waals surface area (Å²) in [5.41, 5.74) is 4.69. The summed E-state index contributed by atoms with van der Waals surface area (Å²) in [5.74, 6) is -0.0294. The zero-order valence-electron chi connectivity index (χ0n) is 16.8. The molecule has 1 fully saturated rings. The van der Waals surface area contributed by atoms with Gasteiger partial charge in [-0.2, -0.15) is 0 Å². The molecule has 1 unspecified atom stereocenters. The van der Waals surface area contributed by atoms with Crippen LogP contribution in [0.3, 0.4) is 0 Å². The summed E-state index contributed by atoms with van der Waals surface area (Å²) in [6.45, 7) is 3.50. The Bertz CT molecular complexity index is 1030. The third kappa shape index (κ3) is 4.31. The number of hydrogen-bond donors (Lipinski definition) is 1. The molecule has 0 aliphatic carbocycles. The third-order valence-electron chi connectivity index (χ3n) is 5.74. The Morgan fingerprint density at radius 2 is 2.10 bits per heavy atom. The second-order valence-corrected chi connectivity index (χ2v) is 9.05. The first-order chi connectivity index (χ1) is 14.7. The van der Waals surface area contributed by atoms with E-state index in [4.69, 9.17) is 4.74 Å². The molecule has 6 heteroatoms. The molecule has 30 heavy (non-hydrogen) atoms. The number of hydrogen-bond acceptors (Lipinski definition) is 5. The van der Waals surface area contributed by atoms with E-state index < -0.39 is 0 Å². The van der Waals surface area contributed by atoms with Crippen LogP contribution < -0.4 is 5.32 Å². The monoisotopic (exact) mass is 419 g/mol. The van der Waals surface area contributed by atoms with Crippen molar-refractivity contribution in [3.05, 3.63) is 70.7 Å². The second-order valence-electron chi connectivity index (χ2n) is 7.93. The van der Waals surface area contributed by atoms with E-state index in [1.165, 1.54) is 21.6 Å². The molecule has 1 saturated heterocycles. The van der Waals surface area contributed by atoms with Gasteiger partial charge in [0, 0.05) is 48.6 Å². The van der Waals surface area contributed by atoms with Crippen molar-refractivity contribution in [2.45, 2.75) is 38.5 Å². The zero-order chi connectivity index (χ0) is 20.3. The predicted octanol–water partition coefficient (Wildman–Crippen LogP) is 4.49. The predicted molar refractivity (Wildman–Crippen MR) is 119 cm³/mol. The molecule has 154 valence electrons. The molecule has 5 rings (SSSR count). The van der Waals surface area contributed by atoms with E-state index in [1.807, 2.05) is 30.5 Å². The molecule has 3 aromatic rings. The van der Waals surface area contributed by atoms with Gasteiger partial charge >= 0.3 is 0 Å². The van der Waals surface area contributed by atoms with Gasteiger partial charge in [-0.25, -0.2) is 4.98 Å². The molecule has 1 N–H and O–H groups in total. The van der Waals surface area contributed by atoms with Crippen molar-refractivity contribution in [2.24, 2.45) is 0 Å². The van der Waals surface area contributed by atoms with Crippen LogP contribution in [0.4, 0.5) is 5.69 Å². The maximum absolute atomic E-state index is 12.4. The lowest BCUT2D eigenvalue weighted by Gasteiger charge is -2.28. The van der Waals surface area contributed by atoms with Gasteiger partial charge in [-0.05, 0) is 42.5 Å². The van der Waals surface area contributed by atoms with Gasteiger partial charge in [0.05, 0.1) is 0 Å². The van der Waals surface area contributed by atoms with E-state index >= 15 is 0 Å². The van der Waals surface area contributed by atoms with Crippen LogP contribution in [0.2, 0.25) is 0 Å². The van der Waals surface area contributed by atoms with Gasteiger partial charge in [0.15, 0.2) is 0 Å². The fourth-order valence-corrected chi connectivity index (χ4v) is 5.11. The summed E-state index contributed by atoms with van der Waals surface area (Å²) in [4.78, 5) is 20.7. The molecule has 2 aliphatic heterocycles. The summed E-state index contributed by atoms with van der Waals surface area (Å²) >= 11 is 1.76. The standard InChI is InChI=1S/C24H25N3O2S/c28-23(22-7-4-12-29-22)26-20-9-8-17-10-11-27(15-19(17)13-20)16-21-14-25-24(30-21)18-5-2-1-3-6-18/h1-3,5-6,8-9,13-14,22H,4,7,10-12,15-16H2,(H,26,28). The lowest BCUT2D eigenvalue weighted by molar-refractivity contribution is -0.124. The first kappa shape index (κ1) is 19.4. The molecule has 1 amide bonds. The van der Waals surface area contributed by atoms with Crippen LogP contribution in [0.5, 0.6) is 0 Å². The molecular formula is C24H25N3O2S. The molecule has 1 aromatic heterocycles. The van der Waals surface area contributed by atoms with E-state index in [1.54, 1.807) is 11.3 Å². The number of ether oxygens (including phenoxy) is 1. The SMILES string of the molecule is O=C(Nc1ccc2c(c1)CN(Cc1cnc(-c3ccccc3)s1)CC2)C1CCCO1. The molecule has 2 aliphatic rings. The average Bonchev–Trinajstić information content (AvgIpc) is 3.47. The molecule has 3 heterocycles. The minimum atomic E-state index is -0.303. The van der Waals surface area contributed by atoms with Crippen molar-refractivity contribution in [2.75, 3.05) is 18.5 Å². The van der Waals surface area contributed by atoms with Gasteiger partial charge < -0.3 is 10.1 Å². The molecule has 5 nitrogen and oxygen atoms in total. The van der Waals surface area contributed by atoms with Crippen LogP contribution in [0.1, 0.15) is 28.8 Å². The largest absolute Gasteiger partial charge is 0.368 e. The Morgan fingerprint density at radius 1 is 1.20 bits per heavy atom. The number of nitrogens with zero attached hydrogens (tertiary/aromatic N) is 2. The molecule has 0 spiro atoms. The van der Waals surface area contributed by atoms with Crippen LogP contribution in [-0.2, 0) is 29.0 Å². The van der Waals surface area contributed by atoms with E-state index in [0.717, 1.165) is 49.6 Å². The van der Waals surface area contributed by atoms with Crippen LogP contribution in [-0.4, -0.2) is 35.0 Å². The van der Waals surface area contributed by atoms with Crippen molar-refractivity contribution in [3.63, 3.8) is 0 Å². The number of rotatable bonds is 5. The highest BCUT2D eigenvalue weighted by atomic mass is 32.1. The van der Waals surface area contributed by atoms with Crippen LogP contribution in [0.15, 0.2) is 54.7 Å². The topological polar surface area (TPSA) is 54.5 Å². The Kier molecular flexibility index (Phi) is 5.62. The Balaban J connectivity index is 1.24. The third-order valence-corrected chi connectivity index (χ3v) is 6.77. The number of nitrogens with one attached hydrogen (secondary N) is 1. The van der Waals surface area contributed by atoms with Crippen molar-refractivity contribution < 1.29 is 9.53 Å². The Morgan fingerprint density at radius 3 is 2.93 bits per heavy atom. The van der Waals surface area contributed by atoms with Crippen LogP contribution >= 0.6 is 11.3 Å². The highest BCUT2D eigenvalue weighted by molar-refractivity contribution is 7.15. The average molecular weight is 420 g/mol. The van der Waals surface area contributed by atoms with E-state index in [9.17, 15) is 4.79 Å². The van der Waals surface area contributed by atoms with Gasteiger partial charge in [-0.1, -0.05) is 36.4 Å². The molecule has 2 aromatic carbocycles. The Labute approximate surface area is 180 Å². The van der Waals surface area contributed by atoms with Crippen LogP contribution in [0, 0.1) is 0 Å². The minimum Gasteiger partial charge on any atom is -0.368 e. The summed E-state index contributed by atoms with van der Waals surface area (Å²) < 4.78 is 5.49. The summed E-state index contributed by atoms with van der Waals surface area (Å²) in [5, 5.41) is 4.10. The molecule has 1 atom stereocenters. The lowest BCUT2D eigenvalue weighted by atomic mass is 9.99. The number of amides is 1. The summed E-state index contributed by atoms with van der Waals surface area (Å²) in [7, 11) is 0. The van der Waals surface area contributed by atoms with Crippen molar-refractivity contribution in [3.8, 4) is 10.6 Å². The number of carbonyl (C=O) groups is 1. The highest BCUT2D eigenvalue weighted by Crippen LogP contribution is 2.28. The first-order valence-electron chi connectivity index (χ1n) is 10.5. The number of fused-ring (bicyclic) bond motifs is 1. The fraction of sp³-hybridized carbons (Fsp3) is 0.333. The Hall–Kier alpha value is -2.54. The summed E-state index contributed by atoms with van der Waals surface area (Å²) in [6, 6.07) is 16.6. The minimum absolute atomic E-state index is 0.0294. The number of anilines is 1. The maximum atomic E-state index is 12.4. The van der Waals surface area contributed by atoms with Crippen molar-refractivity contribution in [1.29, 1.82) is 0 Å². The van der Waals surface area contributed by atoms with Crippen LogP contribution in [0.25, 0.3) is 10.6 Å². The number of aromatic nitrogens is 1. The number of benzene rings is 2. The number of carbonyl (C=O) groups excluding carboxylic acids is 1. The summed E-state index contributed by atoms with van der Waals surface area (Å²) in [6.07, 6.45) is 4.49. The van der Waals surface area contributed by atoms with Gasteiger partial charge in [0.2, 0.25) is 0 Å². The van der Waals surface area contributed by atoms with Gasteiger partial charge in [-0.3, -0.25) is 9.69 Å². The quantitative estimate of drug-likeness (QED) is 0.662. The maximum Gasteiger partial charge on any atom is 0.253 e. The van der Waals surface area contributed by atoms with Crippen molar-refractivity contribution >= 4 is 22.9 Å². The normalized spacial score (nSPS) is 18.9.